The first-order valence-electron chi connectivity index (χ1n) is 6.09. The Kier molecular flexibility index (Phi) is 7.08. The molecule has 0 saturated carbocycles. The number of rotatable bonds is 8. The highest BCUT2D eigenvalue weighted by molar-refractivity contribution is 7.99. The van der Waals surface area contributed by atoms with Crippen LogP contribution >= 0.6 is 11.8 Å². The first kappa shape index (κ1) is 14.4. The lowest BCUT2D eigenvalue weighted by atomic mass is 10.1. The maximum absolute atomic E-state index is 5.74. The molecule has 0 aliphatic carbocycles. The summed E-state index contributed by atoms with van der Waals surface area (Å²) in [5.41, 5.74) is 4.01. The number of nitrogens with two attached hydrogens (primary N) is 1. The molecule has 0 fully saturated rings. The normalized spacial score (nSPS) is 12.4. The zero-order valence-electron chi connectivity index (χ0n) is 10.6. The topological polar surface area (TPSA) is 47.3 Å². The molecule has 1 rings (SSSR count). The van der Waals surface area contributed by atoms with Crippen LogP contribution in [-0.4, -0.2) is 18.1 Å². The van der Waals surface area contributed by atoms with E-state index in [1.807, 2.05) is 30.0 Å². The highest BCUT2D eigenvalue weighted by Gasteiger charge is 2.14. The van der Waals surface area contributed by atoms with Gasteiger partial charge in [-0.1, -0.05) is 32.0 Å². The summed E-state index contributed by atoms with van der Waals surface area (Å²) >= 11 is 1.87. The predicted molar refractivity (Wildman–Crippen MR) is 75.3 cm³/mol. The molecule has 3 N–H and O–H groups in total. The van der Waals surface area contributed by atoms with Gasteiger partial charge in [0.25, 0.3) is 0 Å². The van der Waals surface area contributed by atoms with Crippen molar-refractivity contribution in [1.82, 2.24) is 5.43 Å². The number of hydrogen-bond acceptors (Lipinski definition) is 4. The largest absolute Gasteiger partial charge is 0.493 e. The van der Waals surface area contributed by atoms with Crippen molar-refractivity contribution in [1.29, 1.82) is 0 Å². The van der Waals surface area contributed by atoms with E-state index < -0.39 is 0 Å². The Morgan fingerprint density at radius 3 is 2.76 bits per heavy atom. The van der Waals surface area contributed by atoms with Crippen molar-refractivity contribution in [3.05, 3.63) is 29.8 Å². The summed E-state index contributed by atoms with van der Waals surface area (Å²) in [5, 5.41) is 0. The standard InChI is InChI=1S/C13H22N2OS/c1-3-9-16-13-8-6-5-7-11(13)12(15-14)10-17-4-2/h5-8,12,15H,3-4,9-10,14H2,1-2H3. The summed E-state index contributed by atoms with van der Waals surface area (Å²) in [6, 6.07) is 8.25. The molecule has 0 aromatic heterocycles. The molecule has 1 unspecified atom stereocenters. The third-order valence-corrected chi connectivity index (χ3v) is 3.42. The molecule has 0 aliphatic heterocycles. The number of nitrogens with one attached hydrogen (secondary N) is 1. The highest BCUT2D eigenvalue weighted by atomic mass is 32.2. The van der Waals surface area contributed by atoms with Crippen LogP contribution in [0.25, 0.3) is 0 Å². The molecule has 0 heterocycles. The number of ether oxygens (including phenoxy) is 1. The Labute approximate surface area is 108 Å². The van der Waals surface area contributed by atoms with E-state index in [4.69, 9.17) is 10.6 Å². The van der Waals surface area contributed by atoms with Crippen molar-refractivity contribution < 1.29 is 4.74 Å². The molecule has 0 radical (unpaired) electrons. The fraction of sp³-hybridized carbons (Fsp3) is 0.538. The molecule has 1 aromatic carbocycles. The van der Waals surface area contributed by atoms with E-state index in [2.05, 4.69) is 25.3 Å². The third kappa shape index (κ3) is 4.58. The van der Waals surface area contributed by atoms with Crippen LogP contribution < -0.4 is 16.0 Å². The molecule has 17 heavy (non-hydrogen) atoms. The zero-order chi connectivity index (χ0) is 12.5. The van der Waals surface area contributed by atoms with Gasteiger partial charge in [-0.3, -0.25) is 11.3 Å². The summed E-state index contributed by atoms with van der Waals surface area (Å²) < 4.78 is 5.74. The first-order valence-corrected chi connectivity index (χ1v) is 7.24. The van der Waals surface area contributed by atoms with Crippen LogP contribution in [-0.2, 0) is 0 Å². The molecule has 1 atom stereocenters. The van der Waals surface area contributed by atoms with Gasteiger partial charge >= 0.3 is 0 Å². The summed E-state index contributed by atoms with van der Waals surface area (Å²) in [7, 11) is 0. The van der Waals surface area contributed by atoms with Gasteiger partial charge < -0.3 is 4.74 Å². The van der Waals surface area contributed by atoms with Gasteiger partial charge in [0.2, 0.25) is 0 Å². The van der Waals surface area contributed by atoms with E-state index in [9.17, 15) is 0 Å². The van der Waals surface area contributed by atoms with E-state index in [-0.39, 0.29) is 6.04 Å². The Morgan fingerprint density at radius 2 is 2.12 bits per heavy atom. The van der Waals surface area contributed by atoms with Crippen LogP contribution in [0.3, 0.4) is 0 Å². The SMILES string of the molecule is CCCOc1ccccc1C(CSCC)NN. The minimum Gasteiger partial charge on any atom is -0.493 e. The van der Waals surface area contributed by atoms with Crippen molar-refractivity contribution in [2.45, 2.75) is 26.3 Å². The van der Waals surface area contributed by atoms with Gasteiger partial charge in [0.1, 0.15) is 5.75 Å². The average molecular weight is 254 g/mol. The Morgan fingerprint density at radius 1 is 1.35 bits per heavy atom. The third-order valence-electron chi connectivity index (χ3n) is 2.45. The quantitative estimate of drug-likeness (QED) is 0.553. The second-order valence-corrected chi connectivity index (χ2v) is 5.08. The van der Waals surface area contributed by atoms with Gasteiger partial charge in [0.05, 0.1) is 12.6 Å². The first-order chi connectivity index (χ1) is 8.33. The van der Waals surface area contributed by atoms with Crippen LogP contribution in [0.15, 0.2) is 24.3 Å². The molecule has 0 spiro atoms. The fourth-order valence-electron chi connectivity index (χ4n) is 1.58. The molecule has 0 aliphatic rings. The van der Waals surface area contributed by atoms with Crippen LogP contribution in [0.5, 0.6) is 5.75 Å². The number of benzene rings is 1. The second kappa shape index (κ2) is 8.39. The van der Waals surface area contributed by atoms with Gasteiger partial charge in [-0.25, -0.2) is 0 Å². The van der Waals surface area contributed by atoms with Crippen molar-refractivity contribution in [3.63, 3.8) is 0 Å². The molecule has 0 saturated heterocycles. The lowest BCUT2D eigenvalue weighted by molar-refractivity contribution is 0.311. The lowest BCUT2D eigenvalue weighted by Crippen LogP contribution is -2.30. The van der Waals surface area contributed by atoms with Crippen LogP contribution in [0.2, 0.25) is 0 Å². The maximum atomic E-state index is 5.74. The molecule has 1 aromatic rings. The molecule has 0 bridgehead atoms. The van der Waals surface area contributed by atoms with E-state index in [0.29, 0.717) is 0 Å². The minimum atomic E-state index is 0.146. The van der Waals surface area contributed by atoms with E-state index in [1.54, 1.807) is 0 Å². The van der Waals surface area contributed by atoms with Crippen LogP contribution in [0, 0.1) is 0 Å². The van der Waals surface area contributed by atoms with E-state index in [1.165, 1.54) is 0 Å². The Bertz CT molecular complexity index is 320. The number of para-hydroxylation sites is 1. The van der Waals surface area contributed by atoms with Gasteiger partial charge in [-0.2, -0.15) is 11.8 Å². The minimum absolute atomic E-state index is 0.146. The van der Waals surface area contributed by atoms with Crippen LogP contribution in [0.1, 0.15) is 31.9 Å². The monoisotopic (exact) mass is 254 g/mol. The van der Waals surface area contributed by atoms with Gasteiger partial charge in [0.15, 0.2) is 0 Å². The number of hydrazine groups is 1. The zero-order valence-corrected chi connectivity index (χ0v) is 11.4. The second-order valence-electron chi connectivity index (χ2n) is 3.77. The highest BCUT2D eigenvalue weighted by Crippen LogP contribution is 2.27. The van der Waals surface area contributed by atoms with Crippen LogP contribution in [0.4, 0.5) is 0 Å². The van der Waals surface area contributed by atoms with E-state index in [0.717, 1.165) is 35.8 Å². The molecule has 4 heteroatoms. The molecular weight excluding hydrogens is 232 g/mol. The molecule has 96 valence electrons. The van der Waals surface area contributed by atoms with Crippen molar-refractivity contribution in [2.24, 2.45) is 5.84 Å². The Hall–Kier alpha value is -0.710. The summed E-state index contributed by atoms with van der Waals surface area (Å²) in [6.07, 6.45) is 1.01. The molecule has 0 amide bonds. The smallest absolute Gasteiger partial charge is 0.124 e. The average Bonchev–Trinajstić information content (AvgIpc) is 2.38. The van der Waals surface area contributed by atoms with Gasteiger partial charge in [0, 0.05) is 11.3 Å². The molecular formula is C13H22N2OS. The summed E-state index contributed by atoms with van der Waals surface area (Å²) in [6.45, 7) is 5.00. The van der Waals surface area contributed by atoms with Crippen molar-refractivity contribution >= 4 is 11.8 Å². The number of hydrogen-bond donors (Lipinski definition) is 2. The molecule has 3 nitrogen and oxygen atoms in total. The fourth-order valence-corrected chi connectivity index (χ4v) is 2.32. The number of thioether (sulfide) groups is 1. The van der Waals surface area contributed by atoms with E-state index >= 15 is 0 Å². The van der Waals surface area contributed by atoms with Crippen molar-refractivity contribution in [2.75, 3.05) is 18.1 Å². The predicted octanol–water partition coefficient (Wildman–Crippen LogP) is 2.73. The van der Waals surface area contributed by atoms with Gasteiger partial charge in [-0.05, 0) is 18.2 Å². The summed E-state index contributed by atoms with van der Waals surface area (Å²) in [5.74, 6) is 8.61. The lowest BCUT2D eigenvalue weighted by Gasteiger charge is -2.19. The van der Waals surface area contributed by atoms with Crippen molar-refractivity contribution in [3.8, 4) is 5.75 Å². The summed E-state index contributed by atoms with van der Waals surface area (Å²) in [4.78, 5) is 0. The maximum Gasteiger partial charge on any atom is 0.124 e. The Balaban J connectivity index is 2.77. The van der Waals surface area contributed by atoms with Gasteiger partial charge in [-0.15, -0.1) is 0 Å².